The summed E-state index contributed by atoms with van der Waals surface area (Å²) in [5.41, 5.74) is 1.17. The molecule has 2 aliphatic rings. The van der Waals surface area contributed by atoms with Crippen LogP contribution in [0.5, 0.6) is 5.75 Å². The van der Waals surface area contributed by atoms with Crippen molar-refractivity contribution in [3.8, 4) is 5.75 Å². The molecule has 3 rings (SSSR count). The molecule has 1 amide bonds. The van der Waals surface area contributed by atoms with Crippen molar-refractivity contribution in [3.05, 3.63) is 29.3 Å². The molecule has 2 atom stereocenters. The third-order valence-corrected chi connectivity index (χ3v) is 5.31. The van der Waals surface area contributed by atoms with Gasteiger partial charge in [-0.05, 0) is 25.0 Å². The molecular formula is C20H28N2O6. The third-order valence-electron chi connectivity index (χ3n) is 5.31. The van der Waals surface area contributed by atoms with E-state index in [1.165, 1.54) is 12.0 Å². The zero-order valence-corrected chi connectivity index (χ0v) is 16.6. The molecule has 0 aliphatic carbocycles. The van der Waals surface area contributed by atoms with Crippen LogP contribution >= 0.6 is 0 Å². The van der Waals surface area contributed by atoms with Crippen LogP contribution in [0.15, 0.2) is 18.2 Å². The molecule has 154 valence electrons. The number of esters is 1. The van der Waals surface area contributed by atoms with E-state index in [1.807, 2.05) is 4.90 Å². The van der Waals surface area contributed by atoms with Gasteiger partial charge in [-0.3, -0.25) is 9.69 Å². The highest BCUT2D eigenvalue weighted by Gasteiger charge is 2.35. The molecule has 8 nitrogen and oxygen atoms in total. The van der Waals surface area contributed by atoms with Crippen LogP contribution in [-0.4, -0.2) is 80.1 Å². The van der Waals surface area contributed by atoms with Crippen molar-refractivity contribution in [1.29, 1.82) is 0 Å². The summed E-state index contributed by atoms with van der Waals surface area (Å²) in [4.78, 5) is 27.9. The summed E-state index contributed by atoms with van der Waals surface area (Å²) in [6.07, 6.45) is 0.0765. The number of methoxy groups -OCH3 is 1. The molecule has 1 aromatic rings. The number of hydrogen-bond acceptors (Lipinski definition) is 7. The van der Waals surface area contributed by atoms with Gasteiger partial charge in [0.05, 0.1) is 12.7 Å². The van der Waals surface area contributed by atoms with Crippen LogP contribution in [-0.2, 0) is 20.8 Å². The molecular weight excluding hydrogens is 364 g/mol. The SMILES string of the molecule is COC(=O)c1ccc2c(c1)OC(C(=O)N(C)C)CN(C(O)C1CCOCC1)C2. The minimum atomic E-state index is -0.779. The van der Waals surface area contributed by atoms with Gasteiger partial charge in [-0.1, -0.05) is 6.07 Å². The Hall–Kier alpha value is -2.16. The molecule has 1 aromatic carbocycles. The molecule has 8 heteroatoms. The zero-order chi connectivity index (χ0) is 20.3. The Morgan fingerprint density at radius 1 is 1.29 bits per heavy atom. The summed E-state index contributed by atoms with van der Waals surface area (Å²) in [5, 5.41) is 11.0. The fraction of sp³-hybridized carbons (Fsp3) is 0.600. The monoisotopic (exact) mass is 392 g/mol. The first-order chi connectivity index (χ1) is 13.4. The first-order valence-corrected chi connectivity index (χ1v) is 9.49. The molecule has 1 N–H and O–H groups in total. The zero-order valence-electron chi connectivity index (χ0n) is 16.6. The predicted octanol–water partition coefficient (Wildman–Crippen LogP) is 0.869. The normalized spacial score (nSPS) is 21.8. The van der Waals surface area contributed by atoms with Crippen molar-refractivity contribution in [2.24, 2.45) is 5.92 Å². The van der Waals surface area contributed by atoms with Crippen LogP contribution in [0.25, 0.3) is 0 Å². The van der Waals surface area contributed by atoms with Crippen LogP contribution in [0.2, 0.25) is 0 Å². The molecule has 0 aromatic heterocycles. The quantitative estimate of drug-likeness (QED) is 0.761. The standard InChI is InChI=1S/C20H28N2O6/c1-21(2)19(24)17-12-22(18(23)13-6-8-27-9-7-13)11-15-5-4-14(20(25)26-3)10-16(15)28-17/h4-5,10,13,17-18,23H,6-9,11-12H2,1-3H3. The highest BCUT2D eigenvalue weighted by atomic mass is 16.5. The molecule has 2 aliphatic heterocycles. The van der Waals surface area contributed by atoms with Crippen LogP contribution in [0.3, 0.4) is 0 Å². The van der Waals surface area contributed by atoms with Gasteiger partial charge in [-0.25, -0.2) is 4.79 Å². The van der Waals surface area contributed by atoms with Crippen LogP contribution in [0.4, 0.5) is 0 Å². The van der Waals surface area contributed by atoms with Crippen LogP contribution in [0, 0.1) is 5.92 Å². The number of fused-ring (bicyclic) bond motifs is 1. The second-order valence-electron chi connectivity index (χ2n) is 7.45. The molecule has 1 fully saturated rings. The molecule has 0 radical (unpaired) electrons. The summed E-state index contributed by atoms with van der Waals surface area (Å²) < 4.78 is 16.2. The maximum atomic E-state index is 12.7. The maximum Gasteiger partial charge on any atom is 0.337 e. The van der Waals surface area contributed by atoms with Gasteiger partial charge in [0.15, 0.2) is 6.10 Å². The largest absolute Gasteiger partial charge is 0.479 e. The van der Waals surface area contributed by atoms with E-state index in [0.717, 1.165) is 18.4 Å². The van der Waals surface area contributed by atoms with Crippen LogP contribution in [0.1, 0.15) is 28.8 Å². The lowest BCUT2D eigenvalue weighted by atomic mass is 9.97. The van der Waals surface area contributed by atoms with Crippen molar-refractivity contribution in [2.75, 3.05) is 41.0 Å². The Bertz CT molecular complexity index is 717. The van der Waals surface area contributed by atoms with Gasteiger partial charge in [-0.15, -0.1) is 0 Å². The van der Waals surface area contributed by atoms with E-state index in [1.54, 1.807) is 32.3 Å². The predicted molar refractivity (Wildman–Crippen MR) is 101 cm³/mol. The van der Waals surface area contributed by atoms with Crippen LogP contribution < -0.4 is 4.74 Å². The first kappa shape index (κ1) is 20.6. The van der Waals surface area contributed by atoms with E-state index < -0.39 is 18.3 Å². The lowest BCUT2D eigenvalue weighted by Crippen LogP contribution is -2.49. The van der Waals surface area contributed by atoms with Crippen molar-refractivity contribution < 1.29 is 28.9 Å². The average Bonchev–Trinajstić information content (AvgIpc) is 2.91. The first-order valence-electron chi connectivity index (χ1n) is 9.49. The lowest BCUT2D eigenvalue weighted by molar-refractivity contribution is -0.139. The van der Waals surface area contributed by atoms with Gasteiger partial charge < -0.3 is 24.2 Å². The third kappa shape index (κ3) is 4.45. The molecule has 2 unspecified atom stereocenters. The van der Waals surface area contributed by atoms with E-state index >= 15 is 0 Å². The molecule has 0 spiro atoms. The fourth-order valence-corrected chi connectivity index (χ4v) is 3.66. The van der Waals surface area contributed by atoms with Gasteiger partial charge in [0.1, 0.15) is 12.0 Å². The number of likely N-dealkylation sites (N-methyl/N-ethyl adjacent to an activating group) is 1. The second kappa shape index (κ2) is 8.89. The highest BCUT2D eigenvalue weighted by molar-refractivity contribution is 5.90. The van der Waals surface area contributed by atoms with Crippen molar-refractivity contribution >= 4 is 11.9 Å². The van der Waals surface area contributed by atoms with E-state index in [4.69, 9.17) is 14.2 Å². The summed E-state index contributed by atoms with van der Waals surface area (Å²) in [5.74, 6) is -0.116. The highest BCUT2D eigenvalue weighted by Crippen LogP contribution is 2.30. The molecule has 2 heterocycles. The molecule has 1 saturated heterocycles. The summed E-state index contributed by atoms with van der Waals surface area (Å²) in [6.45, 7) is 1.95. The molecule has 0 saturated carbocycles. The number of carbonyl (C=O) groups excluding carboxylic acids is 2. The van der Waals surface area contributed by atoms with Crippen molar-refractivity contribution in [2.45, 2.75) is 31.7 Å². The van der Waals surface area contributed by atoms with Gasteiger partial charge in [-0.2, -0.15) is 0 Å². The number of nitrogens with zero attached hydrogens (tertiary/aromatic N) is 2. The van der Waals surface area contributed by atoms with E-state index in [2.05, 4.69) is 0 Å². The average molecular weight is 392 g/mol. The van der Waals surface area contributed by atoms with Gasteiger partial charge >= 0.3 is 5.97 Å². The lowest BCUT2D eigenvalue weighted by Gasteiger charge is -2.35. The van der Waals surface area contributed by atoms with Gasteiger partial charge in [0, 0.05) is 51.9 Å². The van der Waals surface area contributed by atoms with Gasteiger partial charge in [0.25, 0.3) is 5.91 Å². The number of carbonyl (C=O) groups is 2. The topological polar surface area (TPSA) is 88.5 Å². The Kier molecular flexibility index (Phi) is 6.53. The van der Waals surface area contributed by atoms with E-state index in [-0.39, 0.29) is 18.4 Å². The number of rotatable bonds is 4. The fourth-order valence-electron chi connectivity index (χ4n) is 3.66. The maximum absolute atomic E-state index is 12.7. The summed E-state index contributed by atoms with van der Waals surface area (Å²) in [7, 11) is 4.66. The number of hydrogen-bond donors (Lipinski definition) is 1. The van der Waals surface area contributed by atoms with Crippen molar-refractivity contribution in [3.63, 3.8) is 0 Å². The summed E-state index contributed by atoms with van der Waals surface area (Å²) in [6, 6.07) is 5.05. The molecule has 0 bridgehead atoms. The molecule has 28 heavy (non-hydrogen) atoms. The Morgan fingerprint density at radius 3 is 2.64 bits per heavy atom. The number of aliphatic hydroxyl groups excluding tert-OH is 1. The Balaban J connectivity index is 1.90. The second-order valence-corrected chi connectivity index (χ2v) is 7.45. The minimum Gasteiger partial charge on any atom is -0.479 e. The summed E-state index contributed by atoms with van der Waals surface area (Å²) >= 11 is 0. The number of aliphatic hydroxyl groups is 1. The smallest absolute Gasteiger partial charge is 0.337 e. The van der Waals surface area contributed by atoms with Crippen molar-refractivity contribution in [1.82, 2.24) is 9.80 Å². The van der Waals surface area contributed by atoms with E-state index in [9.17, 15) is 14.7 Å². The Labute approximate surface area is 165 Å². The number of benzene rings is 1. The Morgan fingerprint density at radius 2 is 2.00 bits per heavy atom. The van der Waals surface area contributed by atoms with E-state index in [0.29, 0.717) is 31.1 Å². The number of ether oxygens (including phenoxy) is 3. The minimum absolute atomic E-state index is 0.0831. The number of amides is 1. The van der Waals surface area contributed by atoms with Gasteiger partial charge in [0.2, 0.25) is 0 Å².